The summed E-state index contributed by atoms with van der Waals surface area (Å²) in [5.74, 6) is 0.683. The van der Waals surface area contributed by atoms with E-state index >= 15 is 0 Å². The van der Waals surface area contributed by atoms with Crippen molar-refractivity contribution in [2.75, 3.05) is 32.8 Å². The van der Waals surface area contributed by atoms with Crippen LogP contribution in [0.15, 0.2) is 0 Å². The van der Waals surface area contributed by atoms with E-state index in [0.717, 1.165) is 26.1 Å². The number of aliphatic hydroxyl groups is 2. The predicted molar refractivity (Wildman–Crippen MR) is 64.2 cm³/mol. The molecule has 3 nitrogen and oxygen atoms in total. The van der Waals surface area contributed by atoms with Gasteiger partial charge < -0.3 is 15.1 Å². The van der Waals surface area contributed by atoms with Crippen LogP contribution in [0, 0.1) is 11.3 Å². The number of hydrogen-bond acceptors (Lipinski definition) is 3. The lowest BCUT2D eigenvalue weighted by Gasteiger charge is -2.31. The van der Waals surface area contributed by atoms with Gasteiger partial charge in [-0.05, 0) is 38.1 Å². The van der Waals surface area contributed by atoms with Crippen LogP contribution in [0.4, 0.5) is 0 Å². The monoisotopic (exact) mass is 227 g/mol. The van der Waals surface area contributed by atoms with E-state index < -0.39 is 0 Å². The van der Waals surface area contributed by atoms with Gasteiger partial charge in [-0.2, -0.15) is 0 Å². The summed E-state index contributed by atoms with van der Waals surface area (Å²) < 4.78 is 0. The molecule has 2 rings (SSSR count). The number of nitrogens with zero attached hydrogens (tertiary/aromatic N) is 1. The first-order chi connectivity index (χ1) is 7.78. The van der Waals surface area contributed by atoms with Crippen LogP contribution in [-0.4, -0.2) is 48.0 Å². The van der Waals surface area contributed by atoms with Crippen molar-refractivity contribution in [3.05, 3.63) is 0 Å². The molecule has 1 aliphatic heterocycles. The van der Waals surface area contributed by atoms with Gasteiger partial charge in [-0.25, -0.2) is 0 Å². The zero-order valence-electron chi connectivity index (χ0n) is 10.2. The molecule has 0 spiro atoms. The summed E-state index contributed by atoms with van der Waals surface area (Å²) >= 11 is 0. The Morgan fingerprint density at radius 2 is 1.94 bits per heavy atom. The smallest absolute Gasteiger partial charge is 0.0499 e. The summed E-state index contributed by atoms with van der Waals surface area (Å²) in [6, 6.07) is 0. The van der Waals surface area contributed by atoms with Crippen molar-refractivity contribution in [2.45, 2.75) is 38.5 Å². The molecule has 1 heterocycles. The fourth-order valence-corrected chi connectivity index (χ4v) is 3.44. The molecular weight excluding hydrogens is 202 g/mol. The van der Waals surface area contributed by atoms with Gasteiger partial charge in [0.1, 0.15) is 0 Å². The zero-order valence-corrected chi connectivity index (χ0v) is 10.2. The van der Waals surface area contributed by atoms with Crippen molar-refractivity contribution in [3.63, 3.8) is 0 Å². The highest BCUT2D eigenvalue weighted by Crippen LogP contribution is 2.39. The maximum atomic E-state index is 9.58. The van der Waals surface area contributed by atoms with Crippen LogP contribution in [0.1, 0.15) is 38.5 Å². The van der Waals surface area contributed by atoms with Gasteiger partial charge in [0.15, 0.2) is 0 Å². The fourth-order valence-electron chi connectivity index (χ4n) is 3.44. The maximum absolute atomic E-state index is 9.58. The quantitative estimate of drug-likeness (QED) is 0.743. The topological polar surface area (TPSA) is 43.7 Å². The summed E-state index contributed by atoms with van der Waals surface area (Å²) in [5, 5.41) is 18.5. The van der Waals surface area contributed by atoms with Crippen LogP contribution in [0.5, 0.6) is 0 Å². The lowest BCUT2D eigenvalue weighted by Crippen LogP contribution is -2.37. The van der Waals surface area contributed by atoms with E-state index in [1.165, 1.54) is 32.1 Å². The molecule has 0 aromatic carbocycles. The molecule has 1 saturated carbocycles. The van der Waals surface area contributed by atoms with E-state index in [0.29, 0.717) is 19.1 Å². The first kappa shape index (κ1) is 12.3. The molecule has 16 heavy (non-hydrogen) atoms. The normalized spacial score (nSPS) is 30.0. The number of likely N-dealkylation sites (tertiary alicyclic amines) is 1. The molecule has 1 aliphatic carbocycles. The van der Waals surface area contributed by atoms with Crippen molar-refractivity contribution >= 4 is 0 Å². The third-order valence-corrected chi connectivity index (χ3v) is 4.47. The molecule has 1 atom stereocenters. The van der Waals surface area contributed by atoms with Crippen LogP contribution in [0.25, 0.3) is 0 Å². The summed E-state index contributed by atoms with van der Waals surface area (Å²) in [4.78, 5) is 2.50. The van der Waals surface area contributed by atoms with Crippen LogP contribution in [0.2, 0.25) is 0 Å². The Morgan fingerprint density at radius 3 is 2.56 bits per heavy atom. The molecule has 2 N–H and O–H groups in total. The fraction of sp³-hybridized carbons (Fsp3) is 1.00. The van der Waals surface area contributed by atoms with Crippen LogP contribution in [0.3, 0.4) is 0 Å². The minimum atomic E-state index is 0.202. The summed E-state index contributed by atoms with van der Waals surface area (Å²) in [6.45, 7) is 4.04. The summed E-state index contributed by atoms with van der Waals surface area (Å²) in [5.41, 5.74) is 0.202. The summed E-state index contributed by atoms with van der Waals surface area (Å²) in [6.07, 6.45) is 7.14. The Bertz CT molecular complexity index is 214. The van der Waals surface area contributed by atoms with E-state index in [2.05, 4.69) is 4.90 Å². The average molecular weight is 227 g/mol. The van der Waals surface area contributed by atoms with Crippen LogP contribution in [-0.2, 0) is 0 Å². The lowest BCUT2D eigenvalue weighted by molar-refractivity contribution is 0.0862. The molecule has 2 fully saturated rings. The Labute approximate surface area is 98.5 Å². The number of aliphatic hydroxyl groups excluding tert-OH is 2. The van der Waals surface area contributed by atoms with E-state index in [4.69, 9.17) is 5.11 Å². The van der Waals surface area contributed by atoms with Gasteiger partial charge in [-0.1, -0.05) is 12.8 Å². The molecular formula is C13H25NO2. The van der Waals surface area contributed by atoms with Crippen molar-refractivity contribution in [2.24, 2.45) is 11.3 Å². The second kappa shape index (κ2) is 5.48. The number of hydrogen-bond donors (Lipinski definition) is 2. The molecule has 1 unspecified atom stereocenters. The van der Waals surface area contributed by atoms with Crippen molar-refractivity contribution in [1.29, 1.82) is 0 Å². The van der Waals surface area contributed by atoms with E-state index in [9.17, 15) is 5.11 Å². The Morgan fingerprint density at radius 1 is 1.19 bits per heavy atom. The minimum absolute atomic E-state index is 0.202. The highest BCUT2D eigenvalue weighted by molar-refractivity contribution is 4.89. The SMILES string of the molecule is OCCC1CCN(CC2(CO)CCCC2)C1. The highest BCUT2D eigenvalue weighted by Gasteiger charge is 2.36. The molecule has 0 aromatic heterocycles. The average Bonchev–Trinajstić information content (AvgIpc) is 2.90. The molecule has 94 valence electrons. The third kappa shape index (κ3) is 2.76. The van der Waals surface area contributed by atoms with Gasteiger partial charge in [0.25, 0.3) is 0 Å². The second-order valence-electron chi connectivity index (χ2n) is 5.77. The zero-order chi connectivity index (χ0) is 11.4. The standard InChI is InChI=1S/C13H25NO2/c15-8-4-12-3-7-14(9-12)10-13(11-16)5-1-2-6-13/h12,15-16H,1-11H2. The van der Waals surface area contributed by atoms with E-state index in [1.54, 1.807) is 0 Å². The van der Waals surface area contributed by atoms with Crippen molar-refractivity contribution in [3.8, 4) is 0 Å². The van der Waals surface area contributed by atoms with Crippen molar-refractivity contribution < 1.29 is 10.2 Å². The molecule has 0 bridgehead atoms. The Balaban J connectivity index is 1.81. The van der Waals surface area contributed by atoms with Crippen LogP contribution >= 0.6 is 0 Å². The molecule has 0 amide bonds. The first-order valence-electron chi connectivity index (χ1n) is 6.72. The Kier molecular flexibility index (Phi) is 4.22. The largest absolute Gasteiger partial charge is 0.396 e. The second-order valence-corrected chi connectivity index (χ2v) is 5.77. The van der Waals surface area contributed by atoms with Crippen LogP contribution < -0.4 is 0 Å². The first-order valence-corrected chi connectivity index (χ1v) is 6.72. The van der Waals surface area contributed by atoms with Gasteiger partial charge in [0, 0.05) is 31.7 Å². The number of rotatable bonds is 5. The van der Waals surface area contributed by atoms with Crippen molar-refractivity contribution in [1.82, 2.24) is 4.90 Å². The lowest BCUT2D eigenvalue weighted by atomic mass is 9.86. The molecule has 2 aliphatic rings. The van der Waals surface area contributed by atoms with E-state index in [1.807, 2.05) is 0 Å². The highest BCUT2D eigenvalue weighted by atomic mass is 16.3. The maximum Gasteiger partial charge on any atom is 0.0499 e. The van der Waals surface area contributed by atoms with Gasteiger partial charge in [-0.15, -0.1) is 0 Å². The van der Waals surface area contributed by atoms with Gasteiger partial charge in [0.2, 0.25) is 0 Å². The molecule has 1 saturated heterocycles. The molecule has 0 aromatic rings. The minimum Gasteiger partial charge on any atom is -0.396 e. The van der Waals surface area contributed by atoms with Gasteiger partial charge in [-0.3, -0.25) is 0 Å². The molecule has 3 heteroatoms. The third-order valence-electron chi connectivity index (χ3n) is 4.47. The summed E-state index contributed by atoms with van der Waals surface area (Å²) in [7, 11) is 0. The predicted octanol–water partition coefficient (Wildman–Crippen LogP) is 1.24. The van der Waals surface area contributed by atoms with E-state index in [-0.39, 0.29) is 5.41 Å². The van der Waals surface area contributed by atoms with Gasteiger partial charge in [0.05, 0.1) is 0 Å². The molecule has 0 radical (unpaired) electrons. The Hall–Kier alpha value is -0.120. The van der Waals surface area contributed by atoms with Gasteiger partial charge >= 0.3 is 0 Å².